The van der Waals surface area contributed by atoms with Crippen LogP contribution in [-0.2, 0) is 62.3 Å². The van der Waals surface area contributed by atoms with Crippen molar-refractivity contribution in [3.05, 3.63) is 11.8 Å². The van der Waals surface area contributed by atoms with Crippen LogP contribution in [-0.4, -0.2) is 233 Å². The lowest BCUT2D eigenvalue weighted by molar-refractivity contribution is -0.153. The predicted molar refractivity (Wildman–Crippen MR) is 338 cm³/mol. The molecule has 21 N–H and O–H groups in total. The summed E-state index contributed by atoms with van der Waals surface area (Å²) in [7, 11) is 3.86. The van der Waals surface area contributed by atoms with Crippen LogP contribution in [0.25, 0.3) is 0 Å². The second kappa shape index (κ2) is 47.3. The first-order valence-corrected chi connectivity index (χ1v) is 32.3. The molecule has 1 saturated heterocycles. The molecule has 1 rings (SSSR count). The standard InChI is InChI=1S/C59H105ClN14O18/c1-6-8-9-10-11-12-13-14-17-22-36(76)31-45(79)65-42-34-92-59(91)47(43(77)33-60)72-50(81)37(7-2)66-56(87)46(35(3)75)71-53(84)40(25-28-63)69-57(88)48(49(80)58(89)90)73-52(83)38(23-18-19-26-61)67-54(85)41(70-51(82)39(24-27-62)68-55(42)86)32-44(78)64-29-20-15-16-21-30-74(4)5/h7,35-36,38-43,46-49,75-77,80H,6,8-34,61-63H2,1-5H3,(H,64,78)(H,65,79)(H,66,87)(H,67,85)(H,68,86)(H,69,88)(H,70,82)(H,71,84)(H,72,81)(H,73,83)(H,89,90)/b37-7+/t35-,36+,38?,39?,40-,41-,42?,43+,46?,47?,48?,49-/m0/s1. The predicted octanol–water partition coefficient (Wildman–Crippen LogP) is -4.01. The Morgan fingerprint density at radius 2 is 1.14 bits per heavy atom. The van der Waals surface area contributed by atoms with Gasteiger partial charge < -0.3 is 106 Å². The van der Waals surface area contributed by atoms with Crippen molar-refractivity contribution in [2.75, 3.05) is 59.3 Å². The fourth-order valence-electron chi connectivity index (χ4n) is 9.44. The Balaban J connectivity index is 4.12. The maximum absolute atomic E-state index is 14.5. The van der Waals surface area contributed by atoms with Gasteiger partial charge in [0.05, 0.1) is 37.0 Å². The Morgan fingerprint density at radius 1 is 0.620 bits per heavy atom. The van der Waals surface area contributed by atoms with Gasteiger partial charge in [-0.1, -0.05) is 83.6 Å². The zero-order valence-corrected chi connectivity index (χ0v) is 54.7. The second-order valence-electron chi connectivity index (χ2n) is 23.0. The summed E-state index contributed by atoms with van der Waals surface area (Å²) in [6.07, 6.45) is 3.20. The first-order chi connectivity index (χ1) is 43.7. The number of carbonyl (C=O) groups is 12. The highest BCUT2D eigenvalue weighted by Gasteiger charge is 2.40. The normalized spacial score (nSPS) is 23.3. The van der Waals surface area contributed by atoms with Crippen LogP contribution in [0.1, 0.15) is 156 Å². The summed E-state index contributed by atoms with van der Waals surface area (Å²) in [6, 6.07) is -15.6. The number of aliphatic hydroxyl groups is 4. The SMILES string of the molecule is C/C=C1/NC(=O)C([C@H](C)O)NC(=O)[C@H](CCN)NC(=O)C([C@H](O)C(=O)O)NC(=O)C(CCCCN)NC(=O)[C@H](CC(=O)NCCCCCCN(C)C)NC(=O)C(CCN)NC(=O)C(NC(=O)C[C@H](O)CCCCCCCCCCC)COC(=O)C([C@H](O)CCl)NC1=O. The van der Waals surface area contributed by atoms with Crippen LogP contribution in [0.15, 0.2) is 11.8 Å². The number of unbranched alkanes of at least 4 members (excludes halogenated alkanes) is 12. The smallest absolute Gasteiger partial charge is 0.335 e. The number of halogens is 1. The van der Waals surface area contributed by atoms with E-state index >= 15 is 0 Å². The number of hydrogen-bond donors (Lipinski definition) is 18. The summed E-state index contributed by atoms with van der Waals surface area (Å²) in [5.74, 6) is -16.2. The number of aliphatic hydroxyl groups excluding tert-OH is 4. The van der Waals surface area contributed by atoms with Crippen LogP contribution >= 0.6 is 11.6 Å². The maximum atomic E-state index is 14.5. The van der Waals surface area contributed by atoms with Gasteiger partial charge in [0.25, 0.3) is 5.91 Å². The van der Waals surface area contributed by atoms with Crippen molar-refractivity contribution in [2.45, 2.75) is 228 Å². The molecule has 0 aromatic rings. The highest BCUT2D eigenvalue weighted by Crippen LogP contribution is 2.14. The second-order valence-corrected chi connectivity index (χ2v) is 23.3. The molecular formula is C59H105ClN14O18. The van der Waals surface area contributed by atoms with Crippen molar-refractivity contribution in [1.29, 1.82) is 0 Å². The van der Waals surface area contributed by atoms with Gasteiger partial charge in [0, 0.05) is 6.54 Å². The Labute approximate surface area is 543 Å². The lowest BCUT2D eigenvalue weighted by Crippen LogP contribution is -2.63. The zero-order valence-electron chi connectivity index (χ0n) is 53.9. The molecule has 0 spiro atoms. The number of carboxylic acids is 1. The molecule has 12 atom stereocenters. The molecule has 0 aromatic heterocycles. The molecule has 0 aliphatic carbocycles. The summed E-state index contributed by atoms with van der Waals surface area (Å²) in [4.78, 5) is 169. The van der Waals surface area contributed by atoms with E-state index in [0.29, 0.717) is 12.8 Å². The number of carboxylic acid groups (broad SMARTS) is 1. The average molecular weight is 1330 g/mol. The van der Waals surface area contributed by atoms with E-state index < -0.39 is 188 Å². The van der Waals surface area contributed by atoms with Crippen LogP contribution in [0.2, 0.25) is 0 Å². The summed E-state index contributed by atoms with van der Waals surface area (Å²) in [6.45, 7) is 3.69. The molecule has 1 aliphatic rings. The summed E-state index contributed by atoms with van der Waals surface area (Å²) >= 11 is 5.95. The minimum Gasteiger partial charge on any atom is -0.479 e. The highest BCUT2D eigenvalue weighted by molar-refractivity contribution is 6.18. The van der Waals surface area contributed by atoms with Gasteiger partial charge in [-0.25, -0.2) is 9.59 Å². The number of nitrogens with zero attached hydrogens (tertiary/aromatic N) is 1. The molecule has 10 amide bonds. The fraction of sp³-hybridized carbons (Fsp3) is 0.763. The third-order valence-electron chi connectivity index (χ3n) is 14.8. The molecule has 33 heteroatoms. The van der Waals surface area contributed by atoms with E-state index in [1.165, 1.54) is 6.92 Å². The van der Waals surface area contributed by atoms with E-state index in [-0.39, 0.29) is 51.9 Å². The van der Waals surface area contributed by atoms with Gasteiger partial charge in [-0.3, -0.25) is 47.9 Å². The van der Waals surface area contributed by atoms with E-state index in [9.17, 15) is 83.1 Å². The molecule has 32 nitrogen and oxygen atoms in total. The molecule has 1 heterocycles. The van der Waals surface area contributed by atoms with Gasteiger partial charge in [0.2, 0.25) is 53.2 Å². The van der Waals surface area contributed by atoms with Gasteiger partial charge in [0.1, 0.15) is 54.6 Å². The van der Waals surface area contributed by atoms with Crippen molar-refractivity contribution in [3.8, 4) is 0 Å². The van der Waals surface area contributed by atoms with Gasteiger partial charge in [-0.05, 0) is 105 Å². The lowest BCUT2D eigenvalue weighted by Gasteiger charge is -2.29. The Kier molecular flexibility index (Phi) is 42.8. The van der Waals surface area contributed by atoms with Crippen molar-refractivity contribution < 1.29 is 87.8 Å². The number of ether oxygens (including phenoxy) is 1. The molecule has 0 aromatic carbocycles. The Hall–Kier alpha value is -6.65. The van der Waals surface area contributed by atoms with Crippen LogP contribution in [0.5, 0.6) is 0 Å². The molecule has 0 saturated carbocycles. The molecule has 1 fully saturated rings. The summed E-state index contributed by atoms with van der Waals surface area (Å²) < 4.78 is 5.42. The van der Waals surface area contributed by atoms with Crippen LogP contribution < -0.4 is 70.4 Å². The third-order valence-corrected chi connectivity index (χ3v) is 15.1. The van der Waals surface area contributed by atoms with Gasteiger partial charge in [-0.2, -0.15) is 0 Å². The van der Waals surface area contributed by atoms with Crippen molar-refractivity contribution >= 4 is 82.6 Å². The number of aliphatic carboxylic acids is 1. The topological polar surface area (TPSA) is 517 Å². The number of nitrogens with one attached hydrogen (secondary N) is 10. The Morgan fingerprint density at radius 3 is 1.70 bits per heavy atom. The van der Waals surface area contributed by atoms with Crippen LogP contribution in [0.3, 0.4) is 0 Å². The van der Waals surface area contributed by atoms with Crippen molar-refractivity contribution in [1.82, 2.24) is 58.1 Å². The number of alkyl halides is 1. The van der Waals surface area contributed by atoms with E-state index in [4.69, 9.17) is 33.5 Å². The van der Waals surface area contributed by atoms with Gasteiger partial charge in [-0.15, -0.1) is 11.6 Å². The number of carbonyl (C=O) groups excluding carboxylic acids is 11. The first kappa shape index (κ1) is 83.4. The maximum Gasteiger partial charge on any atom is 0.335 e. The van der Waals surface area contributed by atoms with E-state index in [1.54, 1.807) is 0 Å². The number of amides is 10. The quantitative estimate of drug-likeness (QED) is 0.0124. The van der Waals surface area contributed by atoms with Crippen molar-refractivity contribution in [3.63, 3.8) is 0 Å². The monoisotopic (exact) mass is 1330 g/mol. The van der Waals surface area contributed by atoms with Crippen LogP contribution in [0.4, 0.5) is 0 Å². The molecule has 0 bridgehead atoms. The van der Waals surface area contributed by atoms with Gasteiger partial charge >= 0.3 is 11.9 Å². The zero-order chi connectivity index (χ0) is 69.3. The van der Waals surface area contributed by atoms with Crippen LogP contribution in [0, 0.1) is 0 Å². The number of hydrogen-bond acceptors (Lipinski definition) is 21. The first-order valence-electron chi connectivity index (χ1n) is 31.8. The summed E-state index contributed by atoms with van der Waals surface area (Å²) in [5.41, 5.74) is 16.8. The number of nitrogens with two attached hydrogens (primary N) is 3. The number of cyclic esters (lactones) is 1. The van der Waals surface area contributed by atoms with E-state index in [1.807, 2.05) is 19.0 Å². The molecule has 6 unspecified atom stereocenters. The lowest BCUT2D eigenvalue weighted by atomic mass is 10.0. The molecule has 92 heavy (non-hydrogen) atoms. The minimum absolute atomic E-state index is 0.0772. The van der Waals surface area contributed by atoms with E-state index in [2.05, 4.69) is 60.1 Å². The number of esters is 1. The Bertz CT molecular complexity index is 2370. The summed E-state index contributed by atoms with van der Waals surface area (Å²) in [5, 5.41) is 76.5. The number of rotatable bonds is 35. The van der Waals surface area contributed by atoms with Gasteiger partial charge in [0.15, 0.2) is 12.1 Å². The highest BCUT2D eigenvalue weighted by atomic mass is 35.5. The molecule has 0 radical (unpaired) electrons. The molecular weight excluding hydrogens is 1230 g/mol. The van der Waals surface area contributed by atoms with E-state index in [0.717, 1.165) is 90.2 Å². The molecule has 526 valence electrons. The molecule has 1 aliphatic heterocycles. The largest absolute Gasteiger partial charge is 0.479 e. The minimum atomic E-state index is -2.75. The third kappa shape index (κ3) is 33.3. The fourth-order valence-corrected chi connectivity index (χ4v) is 9.62. The van der Waals surface area contributed by atoms with Crippen molar-refractivity contribution in [2.24, 2.45) is 17.2 Å². The average Bonchev–Trinajstić information content (AvgIpc) is 1.18. The number of allylic oxidation sites excluding steroid dienone is 1.